The second-order valence-electron chi connectivity index (χ2n) is 4.88. The van der Waals surface area contributed by atoms with Crippen LogP contribution in [0.2, 0.25) is 0 Å². The van der Waals surface area contributed by atoms with Gasteiger partial charge in [-0.3, -0.25) is 14.9 Å². The van der Waals surface area contributed by atoms with Crippen molar-refractivity contribution in [3.05, 3.63) is 28.3 Å². The third-order valence-electron chi connectivity index (χ3n) is 3.42. The van der Waals surface area contributed by atoms with Crippen molar-refractivity contribution in [1.82, 2.24) is 0 Å². The molecule has 1 aromatic carbocycles. The van der Waals surface area contributed by atoms with Gasteiger partial charge in [-0.25, -0.2) is 0 Å². The smallest absolute Gasteiger partial charge is 0.273 e. The fraction of sp³-hybridized carbons (Fsp3) is 0.533. The Morgan fingerprint density at radius 1 is 1.43 bits per heavy atom. The number of anilines is 1. The van der Waals surface area contributed by atoms with Crippen molar-refractivity contribution in [3.63, 3.8) is 0 Å². The average Bonchev–Trinajstić information content (AvgIpc) is 2.48. The summed E-state index contributed by atoms with van der Waals surface area (Å²) in [4.78, 5) is 22.5. The van der Waals surface area contributed by atoms with Gasteiger partial charge in [-0.05, 0) is 18.9 Å². The Balaban J connectivity index is 2.86. The first-order valence-corrected chi connectivity index (χ1v) is 7.16. The van der Waals surface area contributed by atoms with Gasteiger partial charge in [0, 0.05) is 12.0 Å². The number of amides is 1. The molecule has 0 saturated carbocycles. The van der Waals surface area contributed by atoms with E-state index in [9.17, 15) is 14.9 Å². The Morgan fingerprint density at radius 2 is 2.14 bits per heavy atom. The summed E-state index contributed by atoms with van der Waals surface area (Å²) in [6, 6.07) is 4.16. The van der Waals surface area contributed by atoms with Gasteiger partial charge in [0.2, 0.25) is 5.91 Å². The molecule has 0 aromatic heterocycles. The van der Waals surface area contributed by atoms with Crippen molar-refractivity contribution in [2.75, 3.05) is 12.4 Å². The lowest BCUT2D eigenvalue weighted by Gasteiger charge is -2.16. The highest BCUT2D eigenvalue weighted by atomic mass is 16.6. The second-order valence-corrected chi connectivity index (χ2v) is 4.88. The Labute approximate surface area is 124 Å². The molecular weight excluding hydrogens is 272 g/mol. The molecule has 0 spiro atoms. The molecule has 1 aromatic rings. The number of non-ortho nitro benzene ring substituents is 1. The van der Waals surface area contributed by atoms with Crippen LogP contribution in [0.5, 0.6) is 5.75 Å². The number of nitrogens with one attached hydrogen (secondary N) is 1. The van der Waals surface area contributed by atoms with Crippen molar-refractivity contribution in [2.24, 2.45) is 5.92 Å². The van der Waals surface area contributed by atoms with Crippen molar-refractivity contribution >= 4 is 17.3 Å². The van der Waals surface area contributed by atoms with Crippen LogP contribution in [-0.2, 0) is 4.79 Å². The van der Waals surface area contributed by atoms with E-state index in [0.29, 0.717) is 11.4 Å². The maximum absolute atomic E-state index is 12.2. The number of rotatable bonds is 8. The van der Waals surface area contributed by atoms with E-state index >= 15 is 0 Å². The van der Waals surface area contributed by atoms with E-state index in [-0.39, 0.29) is 17.5 Å². The quantitative estimate of drug-likeness (QED) is 0.584. The van der Waals surface area contributed by atoms with Gasteiger partial charge in [-0.1, -0.05) is 26.7 Å². The van der Waals surface area contributed by atoms with Gasteiger partial charge < -0.3 is 10.1 Å². The molecule has 1 rings (SSSR count). The van der Waals surface area contributed by atoms with E-state index in [1.807, 2.05) is 6.92 Å². The highest BCUT2D eigenvalue weighted by Crippen LogP contribution is 2.29. The zero-order chi connectivity index (χ0) is 15.8. The van der Waals surface area contributed by atoms with Gasteiger partial charge in [0.05, 0.1) is 23.8 Å². The molecule has 1 atom stereocenters. The molecule has 0 bridgehead atoms. The summed E-state index contributed by atoms with van der Waals surface area (Å²) in [7, 11) is 1.42. The molecule has 0 aliphatic heterocycles. The van der Waals surface area contributed by atoms with Gasteiger partial charge in [-0.15, -0.1) is 0 Å². The molecule has 21 heavy (non-hydrogen) atoms. The number of nitro benzene ring substituents is 1. The predicted molar refractivity (Wildman–Crippen MR) is 81.6 cm³/mol. The Kier molecular flexibility index (Phi) is 6.65. The lowest BCUT2D eigenvalue weighted by atomic mass is 9.98. The molecule has 1 amide bonds. The van der Waals surface area contributed by atoms with Crippen LogP contribution in [0, 0.1) is 16.0 Å². The van der Waals surface area contributed by atoms with Crippen molar-refractivity contribution in [2.45, 2.75) is 39.5 Å². The van der Waals surface area contributed by atoms with E-state index in [0.717, 1.165) is 25.7 Å². The maximum Gasteiger partial charge on any atom is 0.273 e. The number of benzene rings is 1. The van der Waals surface area contributed by atoms with E-state index < -0.39 is 4.92 Å². The molecule has 0 aliphatic carbocycles. The number of nitrogens with zero attached hydrogens (tertiary/aromatic N) is 1. The number of unbranched alkanes of at least 4 members (excludes halogenated alkanes) is 1. The van der Waals surface area contributed by atoms with Crippen LogP contribution < -0.4 is 10.1 Å². The van der Waals surface area contributed by atoms with E-state index in [4.69, 9.17) is 4.74 Å². The lowest BCUT2D eigenvalue weighted by molar-refractivity contribution is -0.384. The minimum atomic E-state index is -0.496. The molecule has 0 radical (unpaired) electrons. The largest absolute Gasteiger partial charge is 0.494 e. The SMILES string of the molecule is CCCCC(CC)C(=O)Nc1ccc([N+](=O)[O-])cc1OC. The third-order valence-corrected chi connectivity index (χ3v) is 3.42. The number of nitro groups is 1. The molecule has 0 heterocycles. The first kappa shape index (κ1) is 16.9. The number of hydrogen-bond acceptors (Lipinski definition) is 4. The van der Waals surface area contributed by atoms with Crippen molar-refractivity contribution < 1.29 is 14.5 Å². The van der Waals surface area contributed by atoms with Gasteiger partial charge in [-0.2, -0.15) is 0 Å². The second kappa shape index (κ2) is 8.24. The molecule has 0 aliphatic rings. The summed E-state index contributed by atoms with van der Waals surface area (Å²) in [5.41, 5.74) is 0.394. The molecule has 116 valence electrons. The Morgan fingerprint density at radius 3 is 2.67 bits per heavy atom. The minimum absolute atomic E-state index is 0.0511. The summed E-state index contributed by atoms with van der Waals surface area (Å²) < 4.78 is 5.11. The van der Waals surface area contributed by atoms with Gasteiger partial charge >= 0.3 is 0 Å². The Bertz CT molecular complexity index is 502. The van der Waals surface area contributed by atoms with Gasteiger partial charge in [0.15, 0.2) is 0 Å². The summed E-state index contributed by atoms with van der Waals surface area (Å²) >= 11 is 0. The monoisotopic (exact) mass is 294 g/mol. The van der Waals surface area contributed by atoms with Crippen LogP contribution in [0.4, 0.5) is 11.4 Å². The maximum atomic E-state index is 12.2. The number of methoxy groups -OCH3 is 1. The first-order valence-electron chi connectivity index (χ1n) is 7.16. The normalized spacial score (nSPS) is 11.8. The summed E-state index contributed by atoms with van der Waals surface area (Å²) in [5, 5.41) is 13.5. The van der Waals surface area contributed by atoms with Crippen LogP contribution in [0.15, 0.2) is 18.2 Å². The number of carbonyl (C=O) groups excluding carboxylic acids is 1. The summed E-state index contributed by atoms with van der Waals surface area (Å²) in [6.07, 6.45) is 3.66. The minimum Gasteiger partial charge on any atom is -0.494 e. The first-order chi connectivity index (χ1) is 10.0. The number of carbonyl (C=O) groups is 1. The number of hydrogen-bond donors (Lipinski definition) is 1. The molecule has 6 heteroatoms. The summed E-state index contributed by atoms with van der Waals surface area (Å²) in [6.45, 7) is 4.07. The zero-order valence-electron chi connectivity index (χ0n) is 12.7. The predicted octanol–water partition coefficient (Wildman–Crippen LogP) is 3.76. The van der Waals surface area contributed by atoms with Crippen LogP contribution >= 0.6 is 0 Å². The van der Waals surface area contributed by atoms with Crippen molar-refractivity contribution in [1.29, 1.82) is 0 Å². The highest BCUT2D eigenvalue weighted by Gasteiger charge is 2.18. The topological polar surface area (TPSA) is 81.5 Å². The van der Waals surface area contributed by atoms with E-state index in [1.54, 1.807) is 0 Å². The lowest BCUT2D eigenvalue weighted by Crippen LogP contribution is -2.22. The van der Waals surface area contributed by atoms with Crippen molar-refractivity contribution in [3.8, 4) is 5.75 Å². The standard InChI is InChI=1S/C15H22N2O4/c1-4-6-7-11(5-2)15(18)16-13-9-8-12(17(19)20)10-14(13)21-3/h8-11H,4-7H2,1-3H3,(H,16,18). The third kappa shape index (κ3) is 4.73. The Hall–Kier alpha value is -2.11. The number of ether oxygens (including phenoxy) is 1. The van der Waals surface area contributed by atoms with Gasteiger partial charge in [0.25, 0.3) is 5.69 Å². The van der Waals surface area contributed by atoms with E-state index in [2.05, 4.69) is 12.2 Å². The fourth-order valence-electron chi connectivity index (χ4n) is 2.10. The van der Waals surface area contributed by atoms with Crippen LogP contribution in [-0.4, -0.2) is 17.9 Å². The molecule has 1 unspecified atom stereocenters. The average molecular weight is 294 g/mol. The van der Waals surface area contributed by atoms with Crippen LogP contribution in [0.3, 0.4) is 0 Å². The molecule has 6 nitrogen and oxygen atoms in total. The zero-order valence-corrected chi connectivity index (χ0v) is 12.7. The van der Waals surface area contributed by atoms with Crippen LogP contribution in [0.25, 0.3) is 0 Å². The summed E-state index contributed by atoms with van der Waals surface area (Å²) in [5.74, 6) is 0.172. The molecule has 0 fully saturated rings. The molecule has 1 N–H and O–H groups in total. The highest BCUT2D eigenvalue weighted by molar-refractivity contribution is 5.94. The van der Waals surface area contributed by atoms with E-state index in [1.165, 1.54) is 25.3 Å². The van der Waals surface area contributed by atoms with Crippen LogP contribution in [0.1, 0.15) is 39.5 Å². The fourth-order valence-corrected chi connectivity index (χ4v) is 2.10. The molecular formula is C15H22N2O4. The molecule has 0 saturated heterocycles. The van der Waals surface area contributed by atoms with Gasteiger partial charge in [0.1, 0.15) is 5.75 Å².